The number of halogens is 1. The van der Waals surface area contributed by atoms with E-state index in [9.17, 15) is 9.18 Å². The molecule has 31 heavy (non-hydrogen) atoms. The normalized spacial score (nSPS) is 16.5. The molecule has 1 aliphatic heterocycles. The molecule has 1 heterocycles. The molecule has 2 aromatic carbocycles. The molecule has 0 unspecified atom stereocenters. The van der Waals surface area contributed by atoms with Gasteiger partial charge in [0.15, 0.2) is 0 Å². The van der Waals surface area contributed by atoms with Gasteiger partial charge in [0.25, 0.3) is 0 Å². The number of hydrogen-bond acceptors (Lipinski definition) is 5. The third kappa shape index (κ3) is 5.10. The molecule has 4 rings (SSSR count). The van der Waals surface area contributed by atoms with E-state index < -0.39 is 0 Å². The van der Waals surface area contributed by atoms with Crippen LogP contribution in [0.3, 0.4) is 0 Å². The summed E-state index contributed by atoms with van der Waals surface area (Å²) in [5, 5.41) is 0. The van der Waals surface area contributed by atoms with Crippen LogP contribution in [0.2, 0.25) is 0 Å². The maximum atomic E-state index is 14.1. The number of benzene rings is 2. The molecule has 7 heteroatoms. The predicted molar refractivity (Wildman–Crippen MR) is 118 cm³/mol. The third-order valence-electron chi connectivity index (χ3n) is 6.09. The summed E-state index contributed by atoms with van der Waals surface area (Å²) in [4.78, 5) is 19.2. The first-order valence-electron chi connectivity index (χ1n) is 10.8. The van der Waals surface area contributed by atoms with Crippen LogP contribution in [0, 0.1) is 5.82 Å². The Morgan fingerprint density at radius 2 is 1.81 bits per heavy atom. The van der Waals surface area contributed by atoms with Gasteiger partial charge < -0.3 is 19.3 Å². The van der Waals surface area contributed by atoms with Gasteiger partial charge in [-0.2, -0.15) is 0 Å². The number of amides is 1. The topological polar surface area (TPSA) is 45.3 Å². The maximum absolute atomic E-state index is 14.1. The van der Waals surface area contributed by atoms with Gasteiger partial charge in [0.1, 0.15) is 17.3 Å². The number of piperazine rings is 1. The van der Waals surface area contributed by atoms with Gasteiger partial charge in [0, 0.05) is 44.3 Å². The molecule has 0 spiro atoms. The van der Waals surface area contributed by atoms with Crippen LogP contribution < -0.4 is 14.4 Å². The monoisotopic (exact) mass is 427 g/mol. The average Bonchev–Trinajstić information content (AvgIpc) is 3.64. The lowest BCUT2D eigenvalue weighted by molar-refractivity contribution is -0.133. The molecule has 2 aliphatic rings. The molecule has 0 N–H and O–H groups in total. The third-order valence-corrected chi connectivity index (χ3v) is 6.09. The van der Waals surface area contributed by atoms with Crippen LogP contribution >= 0.6 is 0 Å². The molecule has 0 atom stereocenters. The van der Waals surface area contributed by atoms with Crippen LogP contribution in [0.1, 0.15) is 18.4 Å². The van der Waals surface area contributed by atoms with Gasteiger partial charge in [0.05, 0.1) is 26.5 Å². The highest BCUT2D eigenvalue weighted by Crippen LogP contribution is 2.32. The largest absolute Gasteiger partial charge is 0.497 e. The molecule has 1 saturated heterocycles. The number of anilines is 1. The minimum atomic E-state index is -0.213. The Labute approximate surface area is 183 Å². The van der Waals surface area contributed by atoms with E-state index in [0.717, 1.165) is 29.9 Å². The van der Waals surface area contributed by atoms with Crippen molar-refractivity contribution in [2.45, 2.75) is 25.4 Å². The molecule has 1 aliphatic carbocycles. The van der Waals surface area contributed by atoms with E-state index in [1.165, 1.54) is 6.07 Å². The number of ether oxygens (including phenoxy) is 2. The number of nitrogens with zero attached hydrogens (tertiary/aromatic N) is 3. The zero-order valence-electron chi connectivity index (χ0n) is 18.2. The van der Waals surface area contributed by atoms with E-state index in [4.69, 9.17) is 9.47 Å². The van der Waals surface area contributed by atoms with Gasteiger partial charge in [-0.1, -0.05) is 12.1 Å². The predicted octanol–water partition coefficient (Wildman–Crippen LogP) is 3.16. The molecule has 0 bridgehead atoms. The molecule has 2 aromatic rings. The number of para-hydroxylation sites is 1. The van der Waals surface area contributed by atoms with E-state index in [-0.39, 0.29) is 11.7 Å². The van der Waals surface area contributed by atoms with Crippen molar-refractivity contribution >= 4 is 11.6 Å². The molecule has 0 radical (unpaired) electrons. The van der Waals surface area contributed by atoms with E-state index in [2.05, 4.69) is 4.90 Å². The minimum absolute atomic E-state index is 0.127. The van der Waals surface area contributed by atoms with Crippen molar-refractivity contribution in [1.29, 1.82) is 0 Å². The lowest BCUT2D eigenvalue weighted by atomic mass is 10.1. The van der Waals surface area contributed by atoms with Gasteiger partial charge in [0.2, 0.25) is 5.91 Å². The average molecular weight is 428 g/mol. The Morgan fingerprint density at radius 1 is 1.06 bits per heavy atom. The molecule has 6 nitrogen and oxygen atoms in total. The van der Waals surface area contributed by atoms with Gasteiger partial charge in [-0.05, 0) is 43.2 Å². The maximum Gasteiger partial charge on any atom is 0.236 e. The Morgan fingerprint density at radius 3 is 2.45 bits per heavy atom. The van der Waals surface area contributed by atoms with E-state index in [0.29, 0.717) is 51.0 Å². The first kappa shape index (κ1) is 21.4. The van der Waals surface area contributed by atoms with Crippen LogP contribution in [-0.2, 0) is 11.3 Å². The van der Waals surface area contributed by atoms with Gasteiger partial charge in [-0.3, -0.25) is 9.69 Å². The van der Waals surface area contributed by atoms with Gasteiger partial charge >= 0.3 is 0 Å². The smallest absolute Gasteiger partial charge is 0.236 e. The molecule has 1 amide bonds. The molecule has 0 aromatic heterocycles. The van der Waals surface area contributed by atoms with Crippen LogP contribution in [0.15, 0.2) is 42.5 Å². The Kier molecular flexibility index (Phi) is 6.61. The second-order valence-electron chi connectivity index (χ2n) is 8.13. The van der Waals surface area contributed by atoms with Crippen LogP contribution in [0.4, 0.5) is 10.1 Å². The van der Waals surface area contributed by atoms with Gasteiger partial charge in [-0.15, -0.1) is 0 Å². The van der Waals surface area contributed by atoms with Gasteiger partial charge in [-0.25, -0.2) is 4.39 Å². The lowest BCUT2D eigenvalue weighted by Gasteiger charge is -2.37. The Bertz CT molecular complexity index is 911. The summed E-state index contributed by atoms with van der Waals surface area (Å²) in [6, 6.07) is 13.0. The quantitative estimate of drug-likeness (QED) is 0.648. The van der Waals surface area contributed by atoms with Crippen molar-refractivity contribution < 1.29 is 18.7 Å². The zero-order chi connectivity index (χ0) is 21.8. The molecule has 1 saturated carbocycles. The summed E-state index contributed by atoms with van der Waals surface area (Å²) in [7, 11) is 3.31. The fraction of sp³-hybridized carbons (Fsp3) is 0.458. The summed E-state index contributed by atoms with van der Waals surface area (Å²) < 4.78 is 25.0. The van der Waals surface area contributed by atoms with E-state index >= 15 is 0 Å². The summed E-state index contributed by atoms with van der Waals surface area (Å²) in [6.45, 7) is 3.51. The molecular formula is C24H30FN3O3. The van der Waals surface area contributed by atoms with Crippen molar-refractivity contribution in [2.24, 2.45) is 0 Å². The number of rotatable bonds is 8. The summed E-state index contributed by atoms with van der Waals surface area (Å²) >= 11 is 0. The fourth-order valence-electron chi connectivity index (χ4n) is 4.16. The van der Waals surface area contributed by atoms with Crippen molar-refractivity contribution in [2.75, 3.05) is 51.8 Å². The standard InChI is InChI=1S/C24H30FN3O3/c1-30-20-9-10-23(31-2)18(15-20)16-28(19-7-8-19)17-24(29)27-13-11-26(12-14-27)22-6-4-3-5-21(22)25/h3-6,9-10,15,19H,7-8,11-14,16-17H2,1-2H3. The number of hydrogen-bond donors (Lipinski definition) is 0. The SMILES string of the molecule is COc1ccc(OC)c(CN(CC(=O)N2CCN(c3ccccc3F)CC2)C2CC2)c1. The van der Waals surface area contributed by atoms with E-state index in [1.54, 1.807) is 26.4 Å². The second kappa shape index (κ2) is 9.56. The van der Waals surface area contributed by atoms with Crippen molar-refractivity contribution in [3.05, 3.63) is 53.8 Å². The van der Waals surface area contributed by atoms with Crippen LogP contribution in [-0.4, -0.2) is 68.7 Å². The van der Waals surface area contributed by atoms with Crippen LogP contribution in [0.5, 0.6) is 11.5 Å². The van der Waals surface area contributed by atoms with Crippen molar-refractivity contribution in [1.82, 2.24) is 9.80 Å². The number of methoxy groups -OCH3 is 2. The molecule has 2 fully saturated rings. The summed E-state index contributed by atoms with van der Waals surface area (Å²) in [6.07, 6.45) is 2.22. The Hall–Kier alpha value is -2.80. The Balaban J connectivity index is 1.37. The fourth-order valence-corrected chi connectivity index (χ4v) is 4.16. The first-order valence-corrected chi connectivity index (χ1v) is 10.8. The van der Waals surface area contributed by atoms with Crippen LogP contribution in [0.25, 0.3) is 0 Å². The number of carbonyl (C=O) groups is 1. The van der Waals surface area contributed by atoms with Crippen molar-refractivity contribution in [3.63, 3.8) is 0 Å². The highest BCUT2D eigenvalue weighted by molar-refractivity contribution is 5.78. The summed E-state index contributed by atoms with van der Waals surface area (Å²) in [5.41, 5.74) is 1.63. The zero-order valence-corrected chi connectivity index (χ0v) is 18.2. The van der Waals surface area contributed by atoms with Crippen molar-refractivity contribution in [3.8, 4) is 11.5 Å². The summed E-state index contributed by atoms with van der Waals surface area (Å²) in [5.74, 6) is 1.50. The highest BCUT2D eigenvalue weighted by Gasteiger charge is 2.33. The number of carbonyl (C=O) groups excluding carboxylic acids is 1. The highest BCUT2D eigenvalue weighted by atomic mass is 19.1. The molecule has 166 valence electrons. The van der Waals surface area contributed by atoms with E-state index in [1.807, 2.05) is 34.1 Å². The first-order chi connectivity index (χ1) is 15.1. The minimum Gasteiger partial charge on any atom is -0.497 e. The lowest BCUT2D eigenvalue weighted by Crippen LogP contribution is -2.51. The molecular weight excluding hydrogens is 397 g/mol. The second-order valence-corrected chi connectivity index (χ2v) is 8.13.